The Hall–Kier alpha value is -5.64. The van der Waals surface area contributed by atoms with E-state index in [1.165, 1.54) is 44.6 Å². The van der Waals surface area contributed by atoms with E-state index in [1.807, 2.05) is 6.20 Å². The maximum atomic E-state index is 4.98. The van der Waals surface area contributed by atoms with Crippen LogP contribution in [0.5, 0.6) is 0 Å². The first-order valence-electron chi connectivity index (χ1n) is 17.8. The van der Waals surface area contributed by atoms with Crippen molar-refractivity contribution in [3.63, 3.8) is 0 Å². The van der Waals surface area contributed by atoms with Crippen LogP contribution >= 0.6 is 0 Å². The molecule has 53 heavy (non-hydrogen) atoms. The van der Waals surface area contributed by atoms with E-state index in [0.29, 0.717) is 0 Å². The van der Waals surface area contributed by atoms with Crippen molar-refractivity contribution in [1.29, 1.82) is 0 Å². The van der Waals surface area contributed by atoms with Crippen molar-refractivity contribution in [2.75, 3.05) is 28.4 Å². The zero-order chi connectivity index (χ0) is 35.5. The quantitative estimate of drug-likeness (QED) is 0.156. The summed E-state index contributed by atoms with van der Waals surface area (Å²) in [6.07, 6.45) is 1.93. The Morgan fingerprint density at radius 2 is 1.28 bits per heavy atom. The number of nitrogens with zero attached hydrogens (tertiary/aromatic N) is 5. The SMILES string of the molecule is Cc1cccc(C)c1-c1ccnc(-n2c3[c-]c(N(c4[c-]c(N5CN(C)c6ccccc65)ccc4)c4c(C)cccc4C)ccc3c3ccccc32)c1.[Pt+2]. The van der Waals surface area contributed by atoms with Gasteiger partial charge >= 0.3 is 21.1 Å². The molecule has 0 amide bonds. The van der Waals surface area contributed by atoms with Gasteiger partial charge in [0.25, 0.3) is 0 Å². The van der Waals surface area contributed by atoms with Crippen molar-refractivity contribution in [2.24, 2.45) is 0 Å². The smallest absolute Gasteiger partial charge is 0.358 e. The monoisotopic (exact) mass is 868 g/mol. The summed E-state index contributed by atoms with van der Waals surface area (Å²) in [6.45, 7) is 9.48. The summed E-state index contributed by atoms with van der Waals surface area (Å²) in [5.41, 5.74) is 15.8. The fraction of sp³-hybridized carbons (Fsp3) is 0.128. The van der Waals surface area contributed by atoms with Gasteiger partial charge in [-0.25, -0.2) is 4.98 Å². The molecule has 6 aromatic carbocycles. The van der Waals surface area contributed by atoms with Crippen LogP contribution < -0.4 is 14.7 Å². The molecular weight excluding hydrogens is 830 g/mol. The largest absolute Gasteiger partial charge is 2.00 e. The second-order valence-corrected chi connectivity index (χ2v) is 13.9. The van der Waals surface area contributed by atoms with Gasteiger partial charge in [0.05, 0.1) is 18.0 Å². The fourth-order valence-electron chi connectivity index (χ4n) is 8.06. The van der Waals surface area contributed by atoms with E-state index in [-0.39, 0.29) is 21.1 Å². The summed E-state index contributed by atoms with van der Waals surface area (Å²) in [6, 6.07) is 53.1. The molecule has 0 aliphatic carbocycles. The second kappa shape index (κ2) is 13.7. The van der Waals surface area contributed by atoms with E-state index in [1.54, 1.807) is 0 Å². The van der Waals surface area contributed by atoms with Crippen LogP contribution in [0.3, 0.4) is 0 Å². The molecule has 1 aliphatic heterocycles. The Labute approximate surface area is 326 Å². The maximum absolute atomic E-state index is 4.98. The van der Waals surface area contributed by atoms with Crippen molar-refractivity contribution in [2.45, 2.75) is 27.7 Å². The number of pyridine rings is 1. The third kappa shape index (κ3) is 5.80. The van der Waals surface area contributed by atoms with Gasteiger partial charge in [-0.05, 0) is 96.8 Å². The molecule has 1 aliphatic rings. The first kappa shape index (κ1) is 34.4. The van der Waals surface area contributed by atoms with Crippen LogP contribution in [-0.2, 0) is 21.1 Å². The molecule has 8 aromatic rings. The molecule has 0 radical (unpaired) electrons. The molecule has 0 atom stereocenters. The summed E-state index contributed by atoms with van der Waals surface area (Å²) in [5.74, 6) is 0.865. The molecule has 0 fully saturated rings. The molecule has 0 spiro atoms. The van der Waals surface area contributed by atoms with Crippen molar-refractivity contribution >= 4 is 55.9 Å². The van der Waals surface area contributed by atoms with E-state index in [2.05, 4.69) is 194 Å². The van der Waals surface area contributed by atoms with E-state index in [4.69, 9.17) is 4.98 Å². The average Bonchev–Trinajstić information content (AvgIpc) is 3.67. The Kier molecular flexibility index (Phi) is 8.92. The molecule has 6 heteroatoms. The summed E-state index contributed by atoms with van der Waals surface area (Å²) in [7, 11) is 2.14. The predicted octanol–water partition coefficient (Wildman–Crippen LogP) is 11.7. The Morgan fingerprint density at radius 1 is 0.623 bits per heavy atom. The number of rotatable bonds is 6. The standard InChI is InChI=1S/C47H39N5.Pt/c1-31-13-10-14-32(2)46(31)35-25-26-48-45(27-35)52-41-20-7-6-19-39(41)40-24-23-38(29-44(40)52)51(47-33(3)15-11-16-34(47)4)37-18-12-17-36(28-37)50-30-49(5)42-21-8-9-22-43(42)50;/h6-27H,30H2,1-5H3;/q-2;+2. The van der Waals surface area contributed by atoms with Gasteiger partial charge in [0, 0.05) is 24.4 Å². The first-order valence-corrected chi connectivity index (χ1v) is 17.8. The van der Waals surface area contributed by atoms with Crippen molar-refractivity contribution in [1.82, 2.24) is 9.55 Å². The van der Waals surface area contributed by atoms with Gasteiger partial charge in [-0.2, -0.15) is 12.1 Å². The van der Waals surface area contributed by atoms with Gasteiger partial charge in [-0.3, -0.25) is 0 Å². The first-order chi connectivity index (χ1) is 25.4. The van der Waals surface area contributed by atoms with Gasteiger partial charge in [0.15, 0.2) is 0 Å². The predicted molar refractivity (Wildman–Crippen MR) is 217 cm³/mol. The number of anilines is 6. The van der Waals surface area contributed by atoms with Gasteiger partial charge in [-0.15, -0.1) is 35.7 Å². The normalized spacial score (nSPS) is 12.3. The van der Waals surface area contributed by atoms with Crippen LogP contribution in [0, 0.1) is 39.8 Å². The third-order valence-electron chi connectivity index (χ3n) is 10.4. The minimum Gasteiger partial charge on any atom is -0.358 e. The number of benzene rings is 6. The molecule has 262 valence electrons. The number of aromatic nitrogens is 2. The number of para-hydroxylation sites is 4. The third-order valence-corrected chi connectivity index (χ3v) is 10.4. The molecule has 0 saturated carbocycles. The Bertz CT molecular complexity index is 2620. The van der Waals surface area contributed by atoms with Crippen LogP contribution in [0.15, 0.2) is 134 Å². The van der Waals surface area contributed by atoms with E-state index >= 15 is 0 Å². The number of aryl methyl sites for hydroxylation is 4. The molecule has 9 rings (SSSR count). The van der Waals surface area contributed by atoms with Crippen LogP contribution in [-0.4, -0.2) is 23.3 Å². The van der Waals surface area contributed by atoms with Crippen molar-refractivity contribution < 1.29 is 21.1 Å². The second-order valence-electron chi connectivity index (χ2n) is 13.9. The maximum Gasteiger partial charge on any atom is 2.00 e. The van der Waals surface area contributed by atoms with Gasteiger partial charge < -0.3 is 19.3 Å². The van der Waals surface area contributed by atoms with Crippen LogP contribution in [0.1, 0.15) is 22.3 Å². The molecule has 0 bridgehead atoms. The van der Waals surface area contributed by atoms with Crippen LogP contribution in [0.4, 0.5) is 34.1 Å². The summed E-state index contributed by atoms with van der Waals surface area (Å²) in [4.78, 5) is 11.9. The minimum atomic E-state index is 0. The summed E-state index contributed by atoms with van der Waals surface area (Å²) in [5, 5.41) is 2.30. The van der Waals surface area contributed by atoms with Gasteiger partial charge in [0.1, 0.15) is 5.82 Å². The fourth-order valence-corrected chi connectivity index (χ4v) is 8.06. The molecule has 2 aromatic heterocycles. The van der Waals surface area contributed by atoms with Crippen molar-refractivity contribution in [3.05, 3.63) is 168 Å². The molecular formula is C47H39N5Pt. The zero-order valence-electron chi connectivity index (χ0n) is 30.5. The number of hydrogen-bond acceptors (Lipinski definition) is 4. The summed E-state index contributed by atoms with van der Waals surface area (Å²) >= 11 is 0. The topological polar surface area (TPSA) is 27.5 Å². The zero-order valence-corrected chi connectivity index (χ0v) is 32.7. The Balaban J connectivity index is 0.00000400. The van der Waals surface area contributed by atoms with Crippen LogP contribution in [0.2, 0.25) is 0 Å². The number of fused-ring (bicyclic) bond motifs is 4. The van der Waals surface area contributed by atoms with Crippen LogP contribution in [0.25, 0.3) is 38.8 Å². The number of hydrogen-bond donors (Lipinski definition) is 0. The minimum absolute atomic E-state index is 0. The molecule has 0 unspecified atom stereocenters. The Morgan fingerprint density at radius 3 is 2.06 bits per heavy atom. The summed E-state index contributed by atoms with van der Waals surface area (Å²) < 4.78 is 2.27. The van der Waals surface area contributed by atoms with Gasteiger partial charge in [0.2, 0.25) is 0 Å². The molecule has 5 nitrogen and oxygen atoms in total. The van der Waals surface area contributed by atoms with Crippen molar-refractivity contribution in [3.8, 4) is 16.9 Å². The molecule has 3 heterocycles. The van der Waals surface area contributed by atoms with Gasteiger partial charge in [-0.1, -0.05) is 89.3 Å². The van der Waals surface area contributed by atoms with E-state index in [9.17, 15) is 0 Å². The van der Waals surface area contributed by atoms with E-state index < -0.39 is 0 Å². The average molecular weight is 869 g/mol. The molecule has 0 N–H and O–H groups in total. The van der Waals surface area contributed by atoms with E-state index in [0.717, 1.165) is 57.2 Å². The molecule has 0 saturated heterocycles.